The number of carbonyl (C=O) groups is 5. The Labute approximate surface area is 200 Å². The van der Waals surface area contributed by atoms with Gasteiger partial charge in [0.05, 0.1) is 6.04 Å². The van der Waals surface area contributed by atoms with Gasteiger partial charge in [-0.1, -0.05) is 53.4 Å². The van der Waals surface area contributed by atoms with E-state index in [1.165, 1.54) is 0 Å². The molecule has 4 amide bonds. The summed E-state index contributed by atoms with van der Waals surface area (Å²) in [6.07, 6.45) is 4.97. The average molecular weight is 475 g/mol. The number of hydrogen-bond donors (Lipinski definition) is 3. The lowest BCUT2D eigenvalue weighted by atomic mass is 9.97. The lowest BCUT2D eigenvalue weighted by Gasteiger charge is -2.34. The monoisotopic (exact) mass is 474 g/mol. The van der Waals surface area contributed by atoms with Crippen molar-refractivity contribution in [2.75, 3.05) is 6.54 Å². The Morgan fingerprint density at radius 3 is 2.00 bits per heavy atom. The van der Waals surface area contributed by atoms with Gasteiger partial charge in [0.1, 0.15) is 12.1 Å². The molecule has 4 fully saturated rings. The summed E-state index contributed by atoms with van der Waals surface area (Å²) in [5.41, 5.74) is 5.14. The minimum Gasteiger partial charge on any atom is -0.363 e. The first-order valence-corrected chi connectivity index (χ1v) is 12.7. The van der Waals surface area contributed by atoms with Crippen molar-refractivity contribution in [3.05, 3.63) is 0 Å². The van der Waals surface area contributed by atoms with Crippen LogP contribution in [0.5, 0.6) is 0 Å². The second kappa shape index (κ2) is 8.96. The Bertz CT molecular complexity index is 892. The van der Waals surface area contributed by atoms with E-state index in [9.17, 15) is 24.0 Å². The zero-order valence-corrected chi connectivity index (χ0v) is 20.6. The number of carbonyl (C=O) groups excluding carboxylic acids is 5. The van der Waals surface area contributed by atoms with Crippen molar-refractivity contribution >= 4 is 29.4 Å². The minimum absolute atomic E-state index is 0.0240. The molecule has 4 N–H and O–H groups in total. The van der Waals surface area contributed by atoms with Crippen LogP contribution in [0.4, 0.5) is 0 Å². The van der Waals surface area contributed by atoms with Crippen LogP contribution in [0.25, 0.3) is 0 Å². The first kappa shape index (κ1) is 24.7. The summed E-state index contributed by atoms with van der Waals surface area (Å²) in [5.74, 6) is -2.05. The molecule has 1 aliphatic heterocycles. The summed E-state index contributed by atoms with van der Waals surface area (Å²) in [4.78, 5) is 65.2. The molecule has 188 valence electrons. The van der Waals surface area contributed by atoms with Gasteiger partial charge in [0.2, 0.25) is 23.5 Å². The highest BCUT2D eigenvalue weighted by Gasteiger charge is 2.69. The number of primary amides is 1. The van der Waals surface area contributed by atoms with Crippen molar-refractivity contribution in [2.45, 2.75) is 84.3 Å². The van der Waals surface area contributed by atoms with Gasteiger partial charge in [-0.25, -0.2) is 0 Å². The molecule has 3 saturated carbocycles. The predicted octanol–water partition coefficient (Wildman–Crippen LogP) is 0.750. The lowest BCUT2D eigenvalue weighted by molar-refractivity contribution is -0.145. The molecule has 4 rings (SSSR count). The largest absolute Gasteiger partial charge is 0.363 e. The second-order valence-corrected chi connectivity index (χ2v) is 11.8. The average Bonchev–Trinajstić information content (AvgIpc) is 3.71. The van der Waals surface area contributed by atoms with Gasteiger partial charge in [-0.05, 0) is 41.9 Å². The van der Waals surface area contributed by atoms with E-state index in [0.29, 0.717) is 31.2 Å². The second-order valence-electron chi connectivity index (χ2n) is 11.8. The number of likely N-dealkylation sites (tertiary alicyclic amines) is 1. The van der Waals surface area contributed by atoms with E-state index in [-0.39, 0.29) is 35.0 Å². The number of rotatable bonds is 11. The van der Waals surface area contributed by atoms with Crippen molar-refractivity contribution in [2.24, 2.45) is 40.7 Å². The fraction of sp³-hybridized carbons (Fsp3) is 0.800. The Morgan fingerprint density at radius 2 is 1.50 bits per heavy atom. The Kier molecular flexibility index (Phi) is 6.50. The summed E-state index contributed by atoms with van der Waals surface area (Å²) in [6, 6.07) is -2.35. The van der Waals surface area contributed by atoms with E-state index in [1.807, 2.05) is 0 Å². The van der Waals surface area contributed by atoms with Gasteiger partial charge in [-0.2, -0.15) is 0 Å². The fourth-order valence-electron chi connectivity index (χ4n) is 5.61. The standard InChI is InChI=1S/C25H38N4O5/c1-12(2)22(32)28-17(10-14-7-8-14)24(34)29-11-15-18(25(15,3)4)19(29)23(33)27-16(9-13-5-6-13)20(30)21(26)31/h12-19H,5-11H2,1-4H3,(H2,26,31)(H,27,33)(H,28,32)/t15?,16?,17-,18?,19?/m0/s1. The van der Waals surface area contributed by atoms with Crippen molar-refractivity contribution in [1.82, 2.24) is 15.5 Å². The molecule has 1 saturated heterocycles. The highest BCUT2D eigenvalue weighted by molar-refractivity contribution is 6.37. The molecule has 0 aromatic rings. The molecule has 0 radical (unpaired) electrons. The SMILES string of the molecule is CC(C)C(=O)N[C@@H](CC1CC1)C(=O)N1CC2C(C1C(=O)NC(CC1CC1)C(=O)C(N)=O)C2(C)C. The van der Waals surface area contributed by atoms with Crippen LogP contribution in [0.15, 0.2) is 0 Å². The molecule has 9 heteroatoms. The molecule has 0 aromatic carbocycles. The quantitative estimate of drug-likeness (QED) is 0.379. The fourth-order valence-corrected chi connectivity index (χ4v) is 5.61. The number of nitrogens with two attached hydrogens (primary N) is 1. The molecular formula is C25H38N4O5. The third-order valence-corrected chi connectivity index (χ3v) is 8.31. The third kappa shape index (κ3) is 4.98. The van der Waals surface area contributed by atoms with Crippen LogP contribution in [-0.2, 0) is 24.0 Å². The highest BCUT2D eigenvalue weighted by Crippen LogP contribution is 2.65. The molecule has 3 aliphatic carbocycles. The molecular weight excluding hydrogens is 436 g/mol. The third-order valence-electron chi connectivity index (χ3n) is 8.31. The number of amides is 4. The van der Waals surface area contributed by atoms with Crippen molar-refractivity contribution in [1.29, 1.82) is 0 Å². The molecule has 34 heavy (non-hydrogen) atoms. The van der Waals surface area contributed by atoms with Crippen LogP contribution < -0.4 is 16.4 Å². The maximum absolute atomic E-state index is 13.7. The summed E-state index contributed by atoms with van der Waals surface area (Å²) < 4.78 is 0. The van der Waals surface area contributed by atoms with Crippen LogP contribution in [0.1, 0.15) is 66.2 Å². The van der Waals surface area contributed by atoms with Crippen LogP contribution in [-0.4, -0.2) is 59.0 Å². The summed E-state index contributed by atoms with van der Waals surface area (Å²) in [6.45, 7) is 8.19. The first-order chi connectivity index (χ1) is 15.9. The molecule has 5 atom stereocenters. The van der Waals surface area contributed by atoms with Gasteiger partial charge in [-0.3, -0.25) is 24.0 Å². The lowest BCUT2D eigenvalue weighted by Crippen LogP contribution is -2.58. The van der Waals surface area contributed by atoms with E-state index in [0.717, 1.165) is 25.7 Å². The van der Waals surface area contributed by atoms with E-state index in [4.69, 9.17) is 5.73 Å². The zero-order chi connectivity index (χ0) is 24.9. The van der Waals surface area contributed by atoms with Crippen molar-refractivity contribution in [3.63, 3.8) is 0 Å². The van der Waals surface area contributed by atoms with Gasteiger partial charge in [0.25, 0.3) is 5.91 Å². The number of fused-ring (bicyclic) bond motifs is 1. The molecule has 1 heterocycles. The van der Waals surface area contributed by atoms with E-state index in [2.05, 4.69) is 24.5 Å². The van der Waals surface area contributed by atoms with Gasteiger partial charge in [0.15, 0.2) is 0 Å². The molecule has 4 aliphatic rings. The number of nitrogens with one attached hydrogen (secondary N) is 2. The first-order valence-electron chi connectivity index (χ1n) is 12.7. The van der Waals surface area contributed by atoms with Crippen LogP contribution in [0.2, 0.25) is 0 Å². The number of ketones is 1. The van der Waals surface area contributed by atoms with Crippen LogP contribution in [0.3, 0.4) is 0 Å². The molecule has 9 nitrogen and oxygen atoms in total. The summed E-state index contributed by atoms with van der Waals surface area (Å²) in [7, 11) is 0. The van der Waals surface area contributed by atoms with Gasteiger partial charge < -0.3 is 21.3 Å². The van der Waals surface area contributed by atoms with Crippen molar-refractivity contribution in [3.8, 4) is 0 Å². The smallest absolute Gasteiger partial charge is 0.287 e. The summed E-state index contributed by atoms with van der Waals surface area (Å²) >= 11 is 0. The predicted molar refractivity (Wildman–Crippen MR) is 124 cm³/mol. The van der Waals surface area contributed by atoms with Gasteiger partial charge in [-0.15, -0.1) is 0 Å². The molecule has 4 unspecified atom stereocenters. The van der Waals surface area contributed by atoms with E-state index < -0.39 is 35.7 Å². The normalized spacial score (nSPS) is 28.6. The summed E-state index contributed by atoms with van der Waals surface area (Å²) in [5, 5.41) is 5.68. The maximum atomic E-state index is 13.7. The highest BCUT2D eigenvalue weighted by atomic mass is 16.2. The van der Waals surface area contributed by atoms with Gasteiger partial charge in [0, 0.05) is 12.5 Å². The molecule has 0 bridgehead atoms. The number of hydrogen-bond acceptors (Lipinski definition) is 5. The van der Waals surface area contributed by atoms with Crippen LogP contribution in [0, 0.1) is 35.0 Å². The zero-order valence-electron chi connectivity index (χ0n) is 20.6. The van der Waals surface area contributed by atoms with E-state index >= 15 is 0 Å². The Hall–Kier alpha value is -2.45. The number of piperidine rings is 1. The van der Waals surface area contributed by atoms with Gasteiger partial charge >= 0.3 is 0 Å². The van der Waals surface area contributed by atoms with E-state index in [1.54, 1.807) is 18.7 Å². The minimum atomic E-state index is -1.06. The van der Waals surface area contributed by atoms with Crippen molar-refractivity contribution < 1.29 is 24.0 Å². The maximum Gasteiger partial charge on any atom is 0.287 e. The number of nitrogens with zero attached hydrogens (tertiary/aromatic N) is 1. The van der Waals surface area contributed by atoms with Crippen LogP contribution >= 0.6 is 0 Å². The molecule has 0 spiro atoms. The Morgan fingerprint density at radius 1 is 0.941 bits per heavy atom. The number of Topliss-reactive ketones (excluding diaryl/α,β-unsaturated/α-hetero) is 1. The Balaban J connectivity index is 1.52. The topological polar surface area (TPSA) is 139 Å². The molecule has 0 aromatic heterocycles.